The molecule has 0 atom stereocenters. The summed E-state index contributed by atoms with van der Waals surface area (Å²) < 4.78 is 26.8. The highest BCUT2D eigenvalue weighted by Gasteiger charge is 2.30. The van der Waals surface area contributed by atoms with Gasteiger partial charge in [0.1, 0.15) is 0 Å². The van der Waals surface area contributed by atoms with Gasteiger partial charge in [-0.25, -0.2) is 8.42 Å². The van der Waals surface area contributed by atoms with Crippen molar-refractivity contribution in [1.82, 2.24) is 9.21 Å². The van der Waals surface area contributed by atoms with Crippen molar-refractivity contribution in [2.24, 2.45) is 0 Å². The molecular weight excluding hydrogens is 435 g/mol. The van der Waals surface area contributed by atoms with E-state index in [1.165, 1.54) is 16.4 Å². The molecule has 1 saturated heterocycles. The first kappa shape index (κ1) is 21.8. The summed E-state index contributed by atoms with van der Waals surface area (Å²) in [5, 5.41) is 0.897. The summed E-state index contributed by atoms with van der Waals surface area (Å²) in [6.07, 6.45) is 0.185. The average Bonchev–Trinajstić information content (AvgIpc) is 2.72. The van der Waals surface area contributed by atoms with E-state index in [4.69, 9.17) is 23.2 Å². The normalized spacial score (nSPS) is 15.3. The van der Waals surface area contributed by atoms with E-state index in [1.807, 2.05) is 0 Å². The molecule has 2 aromatic carbocycles. The molecule has 1 amide bonds. The average molecular weight is 455 g/mol. The number of hydrogen-bond acceptors (Lipinski definition) is 4. The lowest BCUT2D eigenvalue weighted by atomic mass is 10.1. The third kappa shape index (κ3) is 5.36. The second-order valence-corrected chi connectivity index (χ2v) is 9.48. The summed E-state index contributed by atoms with van der Waals surface area (Å²) in [6.45, 7) is 0.971. The Kier molecular flexibility index (Phi) is 6.95. The lowest BCUT2D eigenvalue weighted by Gasteiger charge is -2.34. The van der Waals surface area contributed by atoms with Crippen molar-refractivity contribution >= 4 is 44.9 Å². The number of piperazine rings is 1. The molecule has 6 nitrogen and oxygen atoms in total. The molecule has 2 aromatic rings. The summed E-state index contributed by atoms with van der Waals surface area (Å²) >= 11 is 11.7. The molecule has 0 unspecified atom stereocenters. The molecular formula is C20H20Cl2N2O4S. The molecule has 0 saturated carbocycles. The fourth-order valence-electron chi connectivity index (χ4n) is 3.11. The van der Waals surface area contributed by atoms with Crippen LogP contribution in [0, 0.1) is 0 Å². The van der Waals surface area contributed by atoms with Crippen molar-refractivity contribution in [1.29, 1.82) is 0 Å². The predicted octanol–water partition coefficient (Wildman–Crippen LogP) is 3.49. The summed E-state index contributed by atoms with van der Waals surface area (Å²) in [4.78, 5) is 26.4. The maximum Gasteiger partial charge on any atom is 0.243 e. The van der Waals surface area contributed by atoms with Gasteiger partial charge in [0, 0.05) is 54.6 Å². The number of amides is 1. The molecule has 0 N–H and O–H groups in total. The zero-order chi connectivity index (χ0) is 21.0. The van der Waals surface area contributed by atoms with Crippen molar-refractivity contribution in [3.05, 3.63) is 64.1 Å². The number of hydrogen-bond donors (Lipinski definition) is 0. The van der Waals surface area contributed by atoms with E-state index in [1.54, 1.807) is 41.3 Å². The van der Waals surface area contributed by atoms with Gasteiger partial charge in [-0.1, -0.05) is 29.3 Å². The quantitative estimate of drug-likeness (QED) is 0.625. The molecule has 154 valence electrons. The van der Waals surface area contributed by atoms with Gasteiger partial charge in [-0.2, -0.15) is 4.31 Å². The molecule has 0 spiro atoms. The maximum atomic E-state index is 12.7. The van der Waals surface area contributed by atoms with Gasteiger partial charge < -0.3 is 4.90 Å². The van der Waals surface area contributed by atoms with Crippen LogP contribution in [0.25, 0.3) is 0 Å². The molecule has 9 heteroatoms. The highest BCUT2D eigenvalue weighted by atomic mass is 35.5. The fraction of sp³-hybridized carbons (Fsp3) is 0.300. The molecule has 1 heterocycles. The number of Topliss-reactive ketones (excluding diaryl/α,β-unsaturated/α-hetero) is 1. The Bertz CT molecular complexity index is 1000. The standard InChI is InChI=1S/C20H20Cl2N2O4S/c21-16-6-4-15(5-7-16)19(25)8-9-20(26)23-10-12-24(13-11-23)29(27,28)18-3-1-2-17(22)14-18/h1-7,14H,8-13H2. The minimum Gasteiger partial charge on any atom is -0.340 e. The fourth-order valence-corrected chi connectivity index (χ4v) is 4.96. The van der Waals surface area contributed by atoms with E-state index in [9.17, 15) is 18.0 Å². The topological polar surface area (TPSA) is 74.8 Å². The third-order valence-electron chi connectivity index (χ3n) is 4.76. The SMILES string of the molecule is O=C(CCC(=O)N1CCN(S(=O)(=O)c2cccc(Cl)c2)CC1)c1ccc(Cl)cc1. The van der Waals surface area contributed by atoms with Crippen LogP contribution in [0.3, 0.4) is 0 Å². The van der Waals surface area contributed by atoms with Crippen LogP contribution in [0.1, 0.15) is 23.2 Å². The molecule has 29 heavy (non-hydrogen) atoms. The summed E-state index contributed by atoms with van der Waals surface area (Å²) in [6, 6.07) is 12.7. The van der Waals surface area contributed by atoms with E-state index in [0.717, 1.165) is 0 Å². The molecule has 1 aliphatic rings. The van der Waals surface area contributed by atoms with Gasteiger partial charge in [-0.05, 0) is 42.5 Å². The Labute approximate surface area is 180 Å². The van der Waals surface area contributed by atoms with E-state index in [-0.39, 0.29) is 55.6 Å². The van der Waals surface area contributed by atoms with E-state index < -0.39 is 10.0 Å². The molecule has 1 fully saturated rings. The minimum absolute atomic E-state index is 0.0858. The molecule has 1 aliphatic heterocycles. The lowest BCUT2D eigenvalue weighted by molar-refractivity contribution is -0.132. The van der Waals surface area contributed by atoms with Crippen molar-refractivity contribution in [3.63, 3.8) is 0 Å². The van der Waals surface area contributed by atoms with Gasteiger partial charge in [0.15, 0.2) is 5.78 Å². The number of halogens is 2. The highest BCUT2D eigenvalue weighted by molar-refractivity contribution is 7.89. The summed E-state index contributed by atoms with van der Waals surface area (Å²) in [5.74, 6) is -0.288. The molecule has 0 bridgehead atoms. The third-order valence-corrected chi connectivity index (χ3v) is 7.14. The first-order chi connectivity index (χ1) is 13.8. The van der Waals surface area contributed by atoms with Crippen LogP contribution in [0.4, 0.5) is 0 Å². The van der Waals surface area contributed by atoms with Crippen molar-refractivity contribution < 1.29 is 18.0 Å². The van der Waals surface area contributed by atoms with Crippen molar-refractivity contribution in [2.75, 3.05) is 26.2 Å². The summed E-state index contributed by atoms with van der Waals surface area (Å²) in [7, 11) is -3.65. The van der Waals surface area contributed by atoms with Gasteiger partial charge in [-0.15, -0.1) is 0 Å². The Balaban J connectivity index is 1.53. The van der Waals surface area contributed by atoms with Gasteiger partial charge >= 0.3 is 0 Å². The van der Waals surface area contributed by atoms with E-state index in [0.29, 0.717) is 15.6 Å². The molecule has 3 rings (SSSR count). The van der Waals surface area contributed by atoms with Crippen LogP contribution in [0.15, 0.2) is 53.4 Å². The number of ketones is 1. The number of nitrogens with zero attached hydrogens (tertiary/aromatic N) is 2. The van der Waals surface area contributed by atoms with E-state index in [2.05, 4.69) is 0 Å². The van der Waals surface area contributed by atoms with Gasteiger partial charge in [0.2, 0.25) is 15.9 Å². The van der Waals surface area contributed by atoms with Crippen LogP contribution in [0.2, 0.25) is 10.0 Å². The second-order valence-electron chi connectivity index (χ2n) is 6.67. The Morgan fingerprint density at radius 2 is 1.52 bits per heavy atom. The first-order valence-electron chi connectivity index (χ1n) is 9.09. The van der Waals surface area contributed by atoms with Crippen LogP contribution in [0.5, 0.6) is 0 Å². The Morgan fingerprint density at radius 3 is 2.14 bits per heavy atom. The predicted molar refractivity (Wildman–Crippen MR) is 112 cm³/mol. The molecule has 0 radical (unpaired) electrons. The first-order valence-corrected chi connectivity index (χ1v) is 11.3. The van der Waals surface area contributed by atoms with Crippen LogP contribution >= 0.6 is 23.2 Å². The van der Waals surface area contributed by atoms with Gasteiger partial charge in [0.05, 0.1) is 4.90 Å². The number of sulfonamides is 1. The lowest BCUT2D eigenvalue weighted by Crippen LogP contribution is -2.50. The Hall–Kier alpha value is -1.93. The molecule has 0 aromatic heterocycles. The van der Waals surface area contributed by atoms with Crippen LogP contribution in [-0.2, 0) is 14.8 Å². The Morgan fingerprint density at radius 1 is 0.862 bits per heavy atom. The number of carbonyl (C=O) groups is 2. The van der Waals surface area contributed by atoms with Crippen molar-refractivity contribution in [2.45, 2.75) is 17.7 Å². The highest BCUT2D eigenvalue weighted by Crippen LogP contribution is 2.21. The van der Waals surface area contributed by atoms with Gasteiger partial charge in [0.25, 0.3) is 0 Å². The maximum absolute atomic E-state index is 12.7. The van der Waals surface area contributed by atoms with Gasteiger partial charge in [-0.3, -0.25) is 9.59 Å². The summed E-state index contributed by atoms with van der Waals surface area (Å²) in [5.41, 5.74) is 0.514. The van der Waals surface area contributed by atoms with E-state index >= 15 is 0 Å². The largest absolute Gasteiger partial charge is 0.340 e. The number of rotatable bonds is 6. The zero-order valence-corrected chi connectivity index (χ0v) is 17.9. The number of carbonyl (C=O) groups excluding carboxylic acids is 2. The smallest absolute Gasteiger partial charge is 0.243 e. The zero-order valence-electron chi connectivity index (χ0n) is 15.6. The van der Waals surface area contributed by atoms with Crippen molar-refractivity contribution in [3.8, 4) is 0 Å². The van der Waals surface area contributed by atoms with Crippen LogP contribution < -0.4 is 0 Å². The molecule has 0 aliphatic carbocycles. The number of benzene rings is 2. The second kappa shape index (κ2) is 9.26. The monoisotopic (exact) mass is 454 g/mol. The van der Waals surface area contributed by atoms with Crippen LogP contribution in [-0.4, -0.2) is 55.5 Å². The minimum atomic E-state index is -3.65.